The first-order chi connectivity index (χ1) is 10.6. The van der Waals surface area contributed by atoms with Crippen LogP contribution in [0.1, 0.15) is 33.3 Å². The van der Waals surface area contributed by atoms with Crippen LogP contribution in [0.2, 0.25) is 0 Å². The maximum absolute atomic E-state index is 12.1. The Morgan fingerprint density at radius 2 is 1.78 bits per heavy atom. The Kier molecular flexibility index (Phi) is 7.22. The molecule has 0 aromatic heterocycles. The van der Waals surface area contributed by atoms with Crippen LogP contribution < -0.4 is 10.6 Å². The van der Waals surface area contributed by atoms with Crippen LogP contribution in [-0.2, 0) is 9.59 Å². The maximum atomic E-state index is 12.1. The lowest BCUT2D eigenvalue weighted by atomic mass is 10.1. The number of nitrogens with one attached hydrogen (secondary N) is 2. The third-order valence-corrected chi connectivity index (χ3v) is 4.01. The Morgan fingerprint density at radius 3 is 2.30 bits per heavy atom. The highest BCUT2D eigenvalue weighted by Gasteiger charge is 2.17. The predicted molar refractivity (Wildman–Crippen MR) is 97.5 cm³/mol. The molecule has 0 heterocycles. The van der Waals surface area contributed by atoms with E-state index >= 15 is 0 Å². The minimum atomic E-state index is -0.271. The van der Waals surface area contributed by atoms with Crippen LogP contribution in [0.4, 0.5) is 5.69 Å². The van der Waals surface area contributed by atoms with Crippen molar-refractivity contribution < 1.29 is 9.59 Å². The summed E-state index contributed by atoms with van der Waals surface area (Å²) in [7, 11) is 0. The molecule has 0 bridgehead atoms. The normalized spacial score (nSPS) is 11.4. The van der Waals surface area contributed by atoms with Crippen molar-refractivity contribution in [3.63, 3.8) is 0 Å². The Balaban J connectivity index is 2.56. The second-order valence-electron chi connectivity index (χ2n) is 6.61. The largest absolute Gasteiger partial charge is 0.350 e. The third kappa shape index (κ3) is 7.61. The predicted octanol–water partition coefficient (Wildman–Crippen LogP) is 2.93. The second kappa shape index (κ2) is 8.45. The van der Waals surface area contributed by atoms with Crippen molar-refractivity contribution in [2.45, 2.75) is 40.2 Å². The van der Waals surface area contributed by atoms with Gasteiger partial charge in [-0.2, -0.15) is 0 Å². The number of nitrogens with zero attached hydrogens (tertiary/aromatic N) is 1. The van der Waals surface area contributed by atoms with Gasteiger partial charge in [0.25, 0.3) is 0 Å². The number of aryl methyl sites for hydroxylation is 1. The minimum absolute atomic E-state index is 0.0785. The zero-order valence-corrected chi connectivity index (χ0v) is 16.1. The van der Waals surface area contributed by atoms with Gasteiger partial charge in [0.05, 0.1) is 13.1 Å². The number of likely N-dealkylation sites (N-methyl/N-ethyl adjacent to an activating group) is 1. The van der Waals surface area contributed by atoms with E-state index in [0.717, 1.165) is 15.7 Å². The first kappa shape index (κ1) is 19.6. The summed E-state index contributed by atoms with van der Waals surface area (Å²) < 4.78 is 0.951. The van der Waals surface area contributed by atoms with Crippen LogP contribution in [0.5, 0.6) is 0 Å². The molecule has 6 heteroatoms. The summed E-state index contributed by atoms with van der Waals surface area (Å²) in [6, 6.07) is 5.67. The van der Waals surface area contributed by atoms with Crippen LogP contribution in [-0.4, -0.2) is 41.9 Å². The number of hydrogen-bond donors (Lipinski definition) is 2. The number of halogens is 1. The number of amides is 2. The highest BCUT2D eigenvalue weighted by atomic mass is 79.9. The van der Waals surface area contributed by atoms with Crippen LogP contribution in [0, 0.1) is 6.92 Å². The smallest absolute Gasteiger partial charge is 0.238 e. The molecule has 2 N–H and O–H groups in total. The van der Waals surface area contributed by atoms with Crippen LogP contribution in [0.15, 0.2) is 22.7 Å². The zero-order valence-electron chi connectivity index (χ0n) is 14.5. The summed E-state index contributed by atoms with van der Waals surface area (Å²) in [5.74, 6) is -0.212. The number of anilines is 1. The number of carbonyl (C=O) groups is 2. The SMILES string of the molecule is CCN(CC(=O)Nc1ccc(C)c(Br)c1)CC(=O)NC(C)(C)C. The number of rotatable bonds is 6. The molecule has 1 rings (SSSR count). The summed E-state index contributed by atoms with van der Waals surface area (Å²) in [6.45, 7) is 10.7. The molecule has 0 fully saturated rings. The van der Waals surface area contributed by atoms with Crippen molar-refractivity contribution >= 4 is 33.4 Å². The van der Waals surface area contributed by atoms with Gasteiger partial charge in [-0.3, -0.25) is 14.5 Å². The Morgan fingerprint density at radius 1 is 1.17 bits per heavy atom. The van der Waals surface area contributed by atoms with Gasteiger partial charge in [-0.15, -0.1) is 0 Å². The molecule has 128 valence electrons. The molecule has 1 aromatic rings. The van der Waals surface area contributed by atoms with Crippen LogP contribution in [0.3, 0.4) is 0 Å². The van der Waals surface area contributed by atoms with E-state index in [1.165, 1.54) is 0 Å². The van der Waals surface area contributed by atoms with Gasteiger partial charge in [0, 0.05) is 15.7 Å². The van der Waals surface area contributed by atoms with Gasteiger partial charge in [-0.1, -0.05) is 28.9 Å². The molecule has 2 amide bonds. The van der Waals surface area contributed by atoms with Crippen molar-refractivity contribution in [1.29, 1.82) is 0 Å². The van der Waals surface area contributed by atoms with Gasteiger partial charge in [0.1, 0.15) is 0 Å². The summed E-state index contributed by atoms with van der Waals surface area (Å²) >= 11 is 3.45. The molecule has 0 unspecified atom stereocenters. The third-order valence-electron chi connectivity index (χ3n) is 3.15. The highest BCUT2D eigenvalue weighted by Crippen LogP contribution is 2.20. The van der Waals surface area contributed by atoms with Crippen molar-refractivity contribution in [2.75, 3.05) is 25.0 Å². The number of benzene rings is 1. The standard InChI is InChI=1S/C17H26BrN3O2/c1-6-21(11-16(23)20-17(3,4)5)10-15(22)19-13-8-7-12(2)14(18)9-13/h7-9H,6,10-11H2,1-5H3,(H,19,22)(H,20,23). The summed E-state index contributed by atoms with van der Waals surface area (Å²) in [6.07, 6.45) is 0. The van der Waals surface area contributed by atoms with E-state index in [1.807, 2.05) is 52.8 Å². The lowest BCUT2D eigenvalue weighted by Crippen LogP contribution is -2.47. The number of carbonyl (C=O) groups excluding carboxylic acids is 2. The van der Waals surface area contributed by atoms with Gasteiger partial charge in [0.2, 0.25) is 11.8 Å². The van der Waals surface area contributed by atoms with Gasteiger partial charge in [0.15, 0.2) is 0 Å². The molecule has 0 aliphatic carbocycles. The highest BCUT2D eigenvalue weighted by molar-refractivity contribution is 9.10. The fraction of sp³-hybridized carbons (Fsp3) is 0.529. The monoisotopic (exact) mass is 383 g/mol. The molecule has 1 aromatic carbocycles. The van der Waals surface area contributed by atoms with E-state index in [-0.39, 0.29) is 30.4 Å². The Hall–Kier alpha value is -1.40. The summed E-state index contributed by atoms with van der Waals surface area (Å²) in [5.41, 5.74) is 1.58. The van der Waals surface area contributed by atoms with Crippen molar-refractivity contribution in [1.82, 2.24) is 10.2 Å². The molecule has 0 saturated heterocycles. The van der Waals surface area contributed by atoms with Crippen molar-refractivity contribution in [3.8, 4) is 0 Å². The quantitative estimate of drug-likeness (QED) is 0.793. The first-order valence-electron chi connectivity index (χ1n) is 7.70. The lowest BCUT2D eigenvalue weighted by Gasteiger charge is -2.24. The van der Waals surface area contributed by atoms with E-state index in [1.54, 1.807) is 4.90 Å². The Bertz CT molecular complexity index is 567. The topological polar surface area (TPSA) is 61.4 Å². The van der Waals surface area contributed by atoms with E-state index in [0.29, 0.717) is 6.54 Å². The van der Waals surface area contributed by atoms with Gasteiger partial charge >= 0.3 is 0 Å². The molecule has 0 aliphatic heterocycles. The van der Waals surface area contributed by atoms with Gasteiger partial charge in [-0.25, -0.2) is 0 Å². The maximum Gasteiger partial charge on any atom is 0.238 e. The molecular formula is C17H26BrN3O2. The molecule has 0 spiro atoms. The zero-order chi connectivity index (χ0) is 17.6. The van der Waals surface area contributed by atoms with Crippen molar-refractivity contribution in [3.05, 3.63) is 28.2 Å². The average molecular weight is 384 g/mol. The van der Waals surface area contributed by atoms with Crippen molar-refractivity contribution in [2.24, 2.45) is 0 Å². The van der Waals surface area contributed by atoms with Crippen LogP contribution >= 0.6 is 15.9 Å². The summed E-state index contributed by atoms with van der Waals surface area (Å²) in [5, 5.41) is 5.76. The Labute approximate surface area is 146 Å². The van der Waals surface area contributed by atoms with E-state index < -0.39 is 0 Å². The molecule has 23 heavy (non-hydrogen) atoms. The first-order valence-corrected chi connectivity index (χ1v) is 8.49. The molecule has 5 nitrogen and oxygen atoms in total. The fourth-order valence-corrected chi connectivity index (χ4v) is 2.39. The molecule has 0 saturated carbocycles. The van der Waals surface area contributed by atoms with E-state index in [2.05, 4.69) is 26.6 Å². The van der Waals surface area contributed by atoms with E-state index in [4.69, 9.17) is 0 Å². The fourth-order valence-electron chi connectivity index (χ4n) is 2.01. The number of hydrogen-bond acceptors (Lipinski definition) is 3. The van der Waals surface area contributed by atoms with Crippen LogP contribution in [0.25, 0.3) is 0 Å². The van der Waals surface area contributed by atoms with E-state index in [9.17, 15) is 9.59 Å². The lowest BCUT2D eigenvalue weighted by molar-refractivity contribution is -0.124. The minimum Gasteiger partial charge on any atom is -0.350 e. The summed E-state index contributed by atoms with van der Waals surface area (Å²) in [4.78, 5) is 25.9. The van der Waals surface area contributed by atoms with Gasteiger partial charge in [-0.05, 0) is 51.9 Å². The van der Waals surface area contributed by atoms with Gasteiger partial charge < -0.3 is 10.6 Å². The second-order valence-corrected chi connectivity index (χ2v) is 7.47. The average Bonchev–Trinajstić information content (AvgIpc) is 2.40. The molecular weight excluding hydrogens is 358 g/mol. The molecule has 0 atom stereocenters. The molecule has 0 aliphatic rings. The molecule has 0 radical (unpaired) electrons.